The van der Waals surface area contributed by atoms with Crippen LogP contribution in [-0.2, 0) is 6.54 Å². The number of aromatic nitrogens is 3. The molecule has 2 aromatic heterocycles. The molecular formula is C17H18N4OS. The Kier molecular flexibility index (Phi) is 4.25. The number of carbonyl (C=O) groups excluding carboxylic acids is 1. The predicted molar refractivity (Wildman–Crippen MR) is 92.5 cm³/mol. The SMILES string of the molecule is C=CCn1c(=NC(=O)c2ccn(C(C)C)n2)sc2ccccc21. The van der Waals surface area contributed by atoms with Gasteiger partial charge in [-0.25, -0.2) is 0 Å². The molecule has 5 nitrogen and oxygen atoms in total. The Labute approximate surface area is 138 Å². The second-order valence-corrected chi connectivity index (χ2v) is 6.45. The Morgan fingerprint density at radius 2 is 2.17 bits per heavy atom. The van der Waals surface area contributed by atoms with Crippen molar-refractivity contribution in [2.75, 3.05) is 0 Å². The monoisotopic (exact) mass is 326 g/mol. The number of amides is 1. The lowest BCUT2D eigenvalue weighted by Gasteiger charge is -2.02. The molecule has 6 heteroatoms. The van der Waals surface area contributed by atoms with Crippen molar-refractivity contribution in [2.45, 2.75) is 26.4 Å². The van der Waals surface area contributed by atoms with Crippen LogP contribution in [0, 0.1) is 0 Å². The number of benzene rings is 1. The van der Waals surface area contributed by atoms with Crippen molar-refractivity contribution in [1.82, 2.24) is 14.3 Å². The minimum Gasteiger partial charge on any atom is -0.312 e. The summed E-state index contributed by atoms with van der Waals surface area (Å²) in [7, 11) is 0. The number of hydrogen-bond acceptors (Lipinski definition) is 3. The minimum atomic E-state index is -0.325. The highest BCUT2D eigenvalue weighted by Crippen LogP contribution is 2.16. The van der Waals surface area contributed by atoms with Gasteiger partial charge >= 0.3 is 0 Å². The standard InChI is InChI=1S/C17H18N4OS/c1-4-10-20-14-7-5-6-8-15(14)23-17(20)18-16(22)13-9-11-21(19-13)12(2)3/h4-9,11-12H,1,10H2,2-3H3. The highest BCUT2D eigenvalue weighted by Gasteiger charge is 2.11. The Bertz CT molecular complexity index is 929. The second kappa shape index (κ2) is 6.34. The van der Waals surface area contributed by atoms with Gasteiger partial charge in [-0.15, -0.1) is 6.58 Å². The van der Waals surface area contributed by atoms with E-state index in [1.807, 2.05) is 42.7 Å². The van der Waals surface area contributed by atoms with Crippen LogP contribution < -0.4 is 4.80 Å². The average Bonchev–Trinajstić information content (AvgIpc) is 3.14. The van der Waals surface area contributed by atoms with Gasteiger partial charge in [0.25, 0.3) is 5.91 Å². The molecule has 0 aliphatic rings. The summed E-state index contributed by atoms with van der Waals surface area (Å²) in [6.07, 6.45) is 3.60. The van der Waals surface area contributed by atoms with Gasteiger partial charge in [-0.1, -0.05) is 29.5 Å². The summed E-state index contributed by atoms with van der Waals surface area (Å²) in [4.78, 5) is 17.3. The fourth-order valence-corrected chi connectivity index (χ4v) is 3.33. The Hall–Kier alpha value is -2.47. The van der Waals surface area contributed by atoms with Crippen molar-refractivity contribution in [3.05, 3.63) is 59.7 Å². The molecule has 3 rings (SSSR count). The molecule has 23 heavy (non-hydrogen) atoms. The van der Waals surface area contributed by atoms with E-state index in [0.717, 1.165) is 10.2 Å². The molecule has 0 spiro atoms. The van der Waals surface area contributed by atoms with Gasteiger partial charge in [-0.3, -0.25) is 9.48 Å². The summed E-state index contributed by atoms with van der Waals surface area (Å²) in [5, 5.41) is 4.28. The molecule has 0 atom stereocenters. The van der Waals surface area contributed by atoms with Gasteiger partial charge in [0.1, 0.15) is 0 Å². The number of fused-ring (bicyclic) bond motifs is 1. The number of allylic oxidation sites excluding steroid dienone is 1. The highest BCUT2D eigenvalue weighted by atomic mass is 32.1. The van der Waals surface area contributed by atoms with Crippen molar-refractivity contribution in [2.24, 2.45) is 4.99 Å². The van der Waals surface area contributed by atoms with Crippen LogP contribution in [0.4, 0.5) is 0 Å². The first-order chi connectivity index (χ1) is 11.1. The van der Waals surface area contributed by atoms with E-state index in [0.29, 0.717) is 17.0 Å². The van der Waals surface area contributed by atoms with E-state index in [9.17, 15) is 4.79 Å². The van der Waals surface area contributed by atoms with Crippen LogP contribution in [0.5, 0.6) is 0 Å². The maximum atomic E-state index is 12.4. The summed E-state index contributed by atoms with van der Waals surface area (Å²) < 4.78 is 4.84. The van der Waals surface area contributed by atoms with E-state index < -0.39 is 0 Å². The minimum absolute atomic E-state index is 0.214. The van der Waals surface area contributed by atoms with Crippen molar-refractivity contribution in [1.29, 1.82) is 0 Å². The molecule has 0 aliphatic carbocycles. The molecule has 3 aromatic rings. The topological polar surface area (TPSA) is 52.2 Å². The molecule has 0 saturated heterocycles. The molecule has 0 radical (unpaired) electrons. The zero-order chi connectivity index (χ0) is 16.4. The molecule has 0 aliphatic heterocycles. The quantitative estimate of drug-likeness (QED) is 0.690. The van der Waals surface area contributed by atoms with E-state index >= 15 is 0 Å². The van der Waals surface area contributed by atoms with Crippen molar-refractivity contribution in [3.8, 4) is 0 Å². The van der Waals surface area contributed by atoms with Crippen LogP contribution in [0.1, 0.15) is 30.4 Å². The third-order valence-electron chi connectivity index (χ3n) is 3.45. The average molecular weight is 326 g/mol. The van der Waals surface area contributed by atoms with Gasteiger partial charge in [0.15, 0.2) is 10.5 Å². The molecule has 0 fully saturated rings. The van der Waals surface area contributed by atoms with E-state index in [1.165, 1.54) is 11.3 Å². The second-order valence-electron chi connectivity index (χ2n) is 5.44. The Balaban J connectivity index is 2.07. The zero-order valence-electron chi connectivity index (χ0n) is 13.1. The maximum Gasteiger partial charge on any atom is 0.300 e. The van der Waals surface area contributed by atoms with E-state index in [1.54, 1.807) is 23.0 Å². The number of carbonyl (C=O) groups is 1. The normalized spacial score (nSPS) is 12.2. The summed E-state index contributed by atoms with van der Waals surface area (Å²) in [5.74, 6) is -0.325. The van der Waals surface area contributed by atoms with Crippen molar-refractivity contribution < 1.29 is 4.79 Å². The van der Waals surface area contributed by atoms with Crippen LogP contribution in [0.15, 0.2) is 54.2 Å². The first-order valence-electron chi connectivity index (χ1n) is 7.43. The van der Waals surface area contributed by atoms with Crippen LogP contribution in [0.2, 0.25) is 0 Å². The fraction of sp³-hybridized carbons (Fsp3) is 0.235. The molecule has 0 saturated carbocycles. The lowest BCUT2D eigenvalue weighted by atomic mass is 10.3. The van der Waals surface area contributed by atoms with Gasteiger partial charge in [0.2, 0.25) is 0 Å². The van der Waals surface area contributed by atoms with E-state index in [-0.39, 0.29) is 11.9 Å². The fourth-order valence-electron chi connectivity index (χ4n) is 2.30. The molecule has 0 N–H and O–H groups in total. The largest absolute Gasteiger partial charge is 0.312 e. The predicted octanol–water partition coefficient (Wildman–Crippen LogP) is 3.41. The molecule has 0 bridgehead atoms. The molecule has 0 unspecified atom stereocenters. The lowest BCUT2D eigenvalue weighted by molar-refractivity contribution is 0.0992. The molecule has 2 heterocycles. The smallest absolute Gasteiger partial charge is 0.300 e. The number of nitrogens with zero attached hydrogens (tertiary/aromatic N) is 4. The third-order valence-corrected chi connectivity index (χ3v) is 4.51. The number of rotatable bonds is 4. The van der Waals surface area contributed by atoms with Crippen LogP contribution in [0.25, 0.3) is 10.2 Å². The Morgan fingerprint density at radius 1 is 1.39 bits per heavy atom. The van der Waals surface area contributed by atoms with Gasteiger partial charge in [0.05, 0.1) is 10.2 Å². The summed E-state index contributed by atoms with van der Waals surface area (Å²) in [6.45, 7) is 8.43. The number of hydrogen-bond donors (Lipinski definition) is 0. The van der Waals surface area contributed by atoms with Gasteiger partial charge in [0, 0.05) is 18.8 Å². The molecule has 118 valence electrons. The molecular weight excluding hydrogens is 308 g/mol. The molecule has 1 aromatic carbocycles. The summed E-state index contributed by atoms with van der Waals surface area (Å²) in [6, 6.07) is 9.92. The Morgan fingerprint density at radius 3 is 2.87 bits per heavy atom. The van der Waals surface area contributed by atoms with Gasteiger partial charge in [-0.05, 0) is 32.0 Å². The first kappa shape index (κ1) is 15.4. The summed E-state index contributed by atoms with van der Waals surface area (Å²) >= 11 is 1.49. The van der Waals surface area contributed by atoms with Gasteiger partial charge < -0.3 is 4.57 Å². The van der Waals surface area contributed by atoms with Gasteiger partial charge in [-0.2, -0.15) is 10.1 Å². The van der Waals surface area contributed by atoms with Crippen molar-refractivity contribution >= 4 is 27.5 Å². The van der Waals surface area contributed by atoms with Crippen molar-refractivity contribution in [3.63, 3.8) is 0 Å². The molecule has 1 amide bonds. The first-order valence-corrected chi connectivity index (χ1v) is 8.25. The number of para-hydroxylation sites is 1. The van der Waals surface area contributed by atoms with Crippen LogP contribution in [-0.4, -0.2) is 20.3 Å². The maximum absolute atomic E-state index is 12.4. The number of thiazole rings is 1. The van der Waals surface area contributed by atoms with Crippen LogP contribution in [0.3, 0.4) is 0 Å². The lowest BCUT2D eigenvalue weighted by Crippen LogP contribution is -2.16. The van der Waals surface area contributed by atoms with Crippen LogP contribution >= 0.6 is 11.3 Å². The zero-order valence-corrected chi connectivity index (χ0v) is 14.0. The highest BCUT2D eigenvalue weighted by molar-refractivity contribution is 7.16. The summed E-state index contributed by atoms with van der Waals surface area (Å²) in [5.41, 5.74) is 1.41. The van der Waals surface area contributed by atoms with E-state index in [4.69, 9.17) is 0 Å². The third kappa shape index (κ3) is 3.03. The van der Waals surface area contributed by atoms with E-state index in [2.05, 4.69) is 16.7 Å².